The number of hydrogen-bond donors (Lipinski definition) is 2. The molecule has 0 spiro atoms. The lowest BCUT2D eigenvalue weighted by Gasteiger charge is -2.26. The van der Waals surface area contributed by atoms with Crippen molar-refractivity contribution in [2.45, 2.75) is 31.7 Å². The molecule has 0 unspecified atom stereocenters. The maximum atomic E-state index is 13.4. The first kappa shape index (κ1) is 16.5. The van der Waals surface area contributed by atoms with E-state index >= 15 is 0 Å². The van der Waals surface area contributed by atoms with Crippen molar-refractivity contribution in [2.75, 3.05) is 6.54 Å². The fraction of sp³-hybridized carbons (Fsp3) is 0.500. The lowest BCUT2D eigenvalue weighted by Crippen LogP contribution is -2.42. The first-order valence-corrected chi connectivity index (χ1v) is 7.61. The van der Waals surface area contributed by atoms with Crippen LogP contribution in [0.1, 0.15) is 26.7 Å². The molecule has 0 radical (unpaired) electrons. The van der Waals surface area contributed by atoms with Crippen LogP contribution in [-0.2, 0) is 14.8 Å². The number of hydrogen-bond acceptors (Lipinski definition) is 4. The highest BCUT2D eigenvalue weighted by atomic mass is 32.2. The fourth-order valence-electron chi connectivity index (χ4n) is 1.75. The summed E-state index contributed by atoms with van der Waals surface area (Å²) in [7, 11) is -4.18. The number of rotatable bonds is 7. The summed E-state index contributed by atoms with van der Waals surface area (Å²) < 4.78 is 39.5. The van der Waals surface area contributed by atoms with Gasteiger partial charge in [-0.3, -0.25) is 4.79 Å². The molecule has 0 aliphatic heterocycles. The molecule has 20 heavy (non-hydrogen) atoms. The van der Waals surface area contributed by atoms with Gasteiger partial charge in [0.05, 0.1) is 5.41 Å². The van der Waals surface area contributed by atoms with Crippen LogP contribution in [0.2, 0.25) is 0 Å². The SMILES string of the molecule is CCC(CC)(CNS(=O)(=O)c1ncccc1F)C(=O)O. The Morgan fingerprint density at radius 1 is 1.45 bits per heavy atom. The van der Waals surface area contributed by atoms with Gasteiger partial charge < -0.3 is 5.11 Å². The zero-order valence-corrected chi connectivity index (χ0v) is 12.1. The van der Waals surface area contributed by atoms with Crippen LogP contribution in [0.25, 0.3) is 0 Å². The summed E-state index contributed by atoms with van der Waals surface area (Å²) in [6.07, 6.45) is 1.67. The molecule has 0 saturated carbocycles. The smallest absolute Gasteiger partial charge is 0.310 e. The van der Waals surface area contributed by atoms with Gasteiger partial charge in [-0.05, 0) is 25.0 Å². The second-order valence-corrected chi connectivity index (χ2v) is 6.09. The van der Waals surface area contributed by atoms with Gasteiger partial charge in [-0.2, -0.15) is 0 Å². The molecule has 1 rings (SSSR count). The Bertz CT molecular complexity index is 585. The third-order valence-corrected chi connectivity index (χ3v) is 4.72. The molecule has 0 atom stereocenters. The molecule has 0 saturated heterocycles. The molecule has 1 aromatic rings. The van der Waals surface area contributed by atoms with Crippen molar-refractivity contribution in [3.63, 3.8) is 0 Å². The fourth-order valence-corrected chi connectivity index (χ4v) is 2.88. The van der Waals surface area contributed by atoms with E-state index < -0.39 is 32.3 Å². The van der Waals surface area contributed by atoms with E-state index in [-0.39, 0.29) is 19.4 Å². The normalized spacial score (nSPS) is 12.3. The van der Waals surface area contributed by atoms with Gasteiger partial charge in [0.2, 0.25) is 5.03 Å². The minimum Gasteiger partial charge on any atom is -0.481 e. The van der Waals surface area contributed by atoms with E-state index in [0.717, 1.165) is 12.3 Å². The molecule has 1 heterocycles. The highest BCUT2D eigenvalue weighted by Crippen LogP contribution is 2.26. The molecular weight excluding hydrogens is 287 g/mol. The number of nitrogens with one attached hydrogen (secondary N) is 1. The molecule has 8 heteroatoms. The van der Waals surface area contributed by atoms with Crippen molar-refractivity contribution >= 4 is 16.0 Å². The Balaban J connectivity index is 2.99. The molecule has 0 fully saturated rings. The number of sulfonamides is 1. The third-order valence-electron chi connectivity index (χ3n) is 3.39. The van der Waals surface area contributed by atoms with Crippen molar-refractivity contribution in [3.8, 4) is 0 Å². The number of halogens is 1. The largest absolute Gasteiger partial charge is 0.481 e. The number of carboxylic acids is 1. The third kappa shape index (κ3) is 3.31. The summed E-state index contributed by atoms with van der Waals surface area (Å²) in [5.41, 5.74) is -1.21. The number of aliphatic carboxylic acids is 1. The van der Waals surface area contributed by atoms with E-state index in [2.05, 4.69) is 9.71 Å². The summed E-state index contributed by atoms with van der Waals surface area (Å²) in [6.45, 7) is 3.01. The number of carbonyl (C=O) groups is 1. The van der Waals surface area contributed by atoms with Crippen molar-refractivity contribution in [1.82, 2.24) is 9.71 Å². The summed E-state index contributed by atoms with van der Waals surface area (Å²) in [5, 5.41) is 8.49. The first-order chi connectivity index (χ1) is 9.29. The van der Waals surface area contributed by atoms with Crippen LogP contribution in [0.4, 0.5) is 4.39 Å². The lowest BCUT2D eigenvalue weighted by atomic mass is 9.83. The Kier molecular flexibility index (Phi) is 5.18. The van der Waals surface area contributed by atoms with Crippen molar-refractivity contribution in [1.29, 1.82) is 0 Å². The van der Waals surface area contributed by atoms with Crippen LogP contribution in [-0.4, -0.2) is 31.0 Å². The van der Waals surface area contributed by atoms with Crippen LogP contribution in [0.5, 0.6) is 0 Å². The Morgan fingerprint density at radius 2 is 2.05 bits per heavy atom. The van der Waals surface area contributed by atoms with E-state index in [9.17, 15) is 22.7 Å². The molecule has 0 bridgehead atoms. The van der Waals surface area contributed by atoms with Gasteiger partial charge in [0, 0.05) is 12.7 Å². The van der Waals surface area contributed by atoms with E-state index in [4.69, 9.17) is 0 Å². The number of aromatic nitrogens is 1. The van der Waals surface area contributed by atoms with Crippen molar-refractivity contribution < 1.29 is 22.7 Å². The molecule has 2 N–H and O–H groups in total. The monoisotopic (exact) mass is 304 g/mol. The van der Waals surface area contributed by atoms with E-state index in [1.165, 1.54) is 6.07 Å². The highest BCUT2D eigenvalue weighted by Gasteiger charge is 2.36. The Hall–Kier alpha value is -1.54. The zero-order chi connectivity index (χ0) is 15.4. The van der Waals surface area contributed by atoms with Crippen LogP contribution >= 0.6 is 0 Å². The molecule has 0 aromatic carbocycles. The van der Waals surface area contributed by atoms with Crippen molar-refractivity contribution in [2.24, 2.45) is 5.41 Å². The van der Waals surface area contributed by atoms with E-state index in [1.54, 1.807) is 13.8 Å². The lowest BCUT2D eigenvalue weighted by molar-refractivity contribution is -0.149. The highest BCUT2D eigenvalue weighted by molar-refractivity contribution is 7.89. The van der Waals surface area contributed by atoms with Gasteiger partial charge in [-0.15, -0.1) is 0 Å². The first-order valence-electron chi connectivity index (χ1n) is 6.12. The van der Waals surface area contributed by atoms with Gasteiger partial charge in [0.25, 0.3) is 10.0 Å². The number of carboxylic acid groups (broad SMARTS) is 1. The second kappa shape index (κ2) is 6.27. The number of nitrogens with zero attached hydrogens (tertiary/aromatic N) is 1. The van der Waals surface area contributed by atoms with Gasteiger partial charge in [0.15, 0.2) is 5.82 Å². The molecule has 6 nitrogen and oxygen atoms in total. The average Bonchev–Trinajstić information content (AvgIpc) is 2.40. The molecule has 0 amide bonds. The maximum Gasteiger partial charge on any atom is 0.310 e. The van der Waals surface area contributed by atoms with Gasteiger partial charge >= 0.3 is 5.97 Å². The van der Waals surface area contributed by atoms with Gasteiger partial charge in [0.1, 0.15) is 0 Å². The van der Waals surface area contributed by atoms with Crippen LogP contribution in [0.15, 0.2) is 23.4 Å². The standard InChI is InChI=1S/C12H17FN2O4S/c1-3-12(4-2,11(16)17)8-15-20(18,19)10-9(13)6-5-7-14-10/h5-7,15H,3-4,8H2,1-2H3,(H,16,17). The van der Waals surface area contributed by atoms with Crippen molar-refractivity contribution in [3.05, 3.63) is 24.1 Å². The molecular formula is C12H17FN2O4S. The molecule has 112 valence electrons. The van der Waals surface area contributed by atoms with E-state index in [0.29, 0.717) is 0 Å². The van der Waals surface area contributed by atoms with Crippen LogP contribution in [0, 0.1) is 11.2 Å². The zero-order valence-electron chi connectivity index (χ0n) is 11.3. The summed E-state index contributed by atoms with van der Waals surface area (Å²) in [4.78, 5) is 14.8. The average molecular weight is 304 g/mol. The van der Waals surface area contributed by atoms with Crippen LogP contribution in [0.3, 0.4) is 0 Å². The minimum absolute atomic E-state index is 0.256. The summed E-state index contributed by atoms with van der Waals surface area (Å²) >= 11 is 0. The van der Waals surface area contributed by atoms with E-state index in [1.807, 2.05) is 0 Å². The number of pyridine rings is 1. The summed E-state index contributed by atoms with van der Waals surface area (Å²) in [5.74, 6) is -2.07. The molecule has 1 aromatic heterocycles. The Morgan fingerprint density at radius 3 is 2.50 bits per heavy atom. The second-order valence-electron chi connectivity index (χ2n) is 4.41. The molecule has 0 aliphatic rings. The Labute approximate surface area is 117 Å². The predicted octanol–water partition coefficient (Wildman–Crippen LogP) is 1.39. The topological polar surface area (TPSA) is 96.4 Å². The van der Waals surface area contributed by atoms with Crippen LogP contribution < -0.4 is 4.72 Å². The quantitative estimate of drug-likeness (QED) is 0.793. The predicted molar refractivity (Wildman–Crippen MR) is 70.0 cm³/mol. The van der Waals surface area contributed by atoms with Gasteiger partial charge in [-0.25, -0.2) is 22.5 Å². The molecule has 0 aliphatic carbocycles. The maximum absolute atomic E-state index is 13.4. The van der Waals surface area contributed by atoms with Gasteiger partial charge in [-0.1, -0.05) is 13.8 Å². The minimum atomic E-state index is -4.18. The summed E-state index contributed by atoms with van der Waals surface area (Å²) in [6, 6.07) is 2.25.